The van der Waals surface area contributed by atoms with Crippen molar-refractivity contribution in [1.29, 1.82) is 0 Å². The Morgan fingerprint density at radius 1 is 1.12 bits per heavy atom. The third kappa shape index (κ3) is 4.37. The van der Waals surface area contributed by atoms with Crippen LogP contribution in [0.25, 0.3) is 0 Å². The second-order valence-electron chi connectivity index (χ2n) is 5.35. The van der Waals surface area contributed by atoms with Crippen LogP contribution >= 0.6 is 27.3 Å². The molecule has 3 rings (SSSR count). The molecule has 0 saturated heterocycles. The Morgan fingerprint density at radius 3 is 2.68 bits per heavy atom. The summed E-state index contributed by atoms with van der Waals surface area (Å²) in [6.07, 6.45) is 1.44. The highest BCUT2D eigenvalue weighted by Gasteiger charge is 2.15. The van der Waals surface area contributed by atoms with Crippen molar-refractivity contribution in [3.05, 3.63) is 75.5 Å². The van der Waals surface area contributed by atoms with Crippen LogP contribution in [0.5, 0.6) is 0 Å². The topological polar surface area (TPSA) is 71.3 Å². The summed E-state index contributed by atoms with van der Waals surface area (Å²) in [5.41, 5.74) is 1.01. The van der Waals surface area contributed by atoms with Crippen LogP contribution in [0.1, 0.15) is 38.8 Å². The van der Waals surface area contributed by atoms with Gasteiger partial charge < -0.3 is 15.1 Å². The van der Waals surface area contributed by atoms with Gasteiger partial charge in [-0.1, -0.05) is 28.1 Å². The first-order chi connectivity index (χ1) is 12.0. The summed E-state index contributed by atoms with van der Waals surface area (Å²) in [6, 6.07) is 14.3. The summed E-state index contributed by atoms with van der Waals surface area (Å²) in [5, 5.41) is 6.25. The lowest BCUT2D eigenvalue weighted by Crippen LogP contribution is -2.25. The van der Waals surface area contributed by atoms with E-state index in [-0.39, 0.29) is 23.6 Å². The molecule has 0 saturated carbocycles. The van der Waals surface area contributed by atoms with Crippen molar-refractivity contribution in [2.24, 2.45) is 0 Å². The van der Waals surface area contributed by atoms with Crippen LogP contribution in [0.2, 0.25) is 0 Å². The monoisotopic (exact) mass is 418 g/mol. The normalized spacial score (nSPS) is 11.8. The molecule has 128 valence electrons. The lowest BCUT2D eigenvalue weighted by Gasteiger charge is -2.14. The van der Waals surface area contributed by atoms with Crippen molar-refractivity contribution in [1.82, 2.24) is 5.32 Å². The van der Waals surface area contributed by atoms with E-state index in [0.29, 0.717) is 9.88 Å². The zero-order valence-corrected chi connectivity index (χ0v) is 15.7. The standard InChI is InChI=1S/C18H15BrN2O3S/c1-11(12-4-2-5-13(19)10-12)20-18(23)15-7-8-16(25-15)21-17(22)14-6-3-9-24-14/h2-11H,1H3,(H,20,23)(H,21,22). The molecule has 0 bridgehead atoms. The van der Waals surface area contributed by atoms with E-state index in [1.165, 1.54) is 17.6 Å². The number of carbonyl (C=O) groups excluding carboxylic acids is 2. The molecule has 25 heavy (non-hydrogen) atoms. The van der Waals surface area contributed by atoms with Crippen LogP contribution in [-0.4, -0.2) is 11.8 Å². The summed E-state index contributed by atoms with van der Waals surface area (Å²) >= 11 is 4.64. The minimum atomic E-state index is -0.346. The van der Waals surface area contributed by atoms with Crippen LogP contribution < -0.4 is 10.6 Å². The van der Waals surface area contributed by atoms with Crippen molar-refractivity contribution in [3.63, 3.8) is 0 Å². The van der Waals surface area contributed by atoms with Gasteiger partial charge in [0.15, 0.2) is 5.76 Å². The van der Waals surface area contributed by atoms with Gasteiger partial charge in [0.25, 0.3) is 11.8 Å². The molecule has 5 nitrogen and oxygen atoms in total. The number of benzene rings is 1. The highest BCUT2D eigenvalue weighted by molar-refractivity contribution is 9.10. The average Bonchev–Trinajstić information content (AvgIpc) is 3.26. The van der Waals surface area contributed by atoms with Gasteiger partial charge >= 0.3 is 0 Å². The van der Waals surface area contributed by atoms with Gasteiger partial charge in [0.2, 0.25) is 0 Å². The predicted molar refractivity (Wildman–Crippen MR) is 101 cm³/mol. The zero-order valence-electron chi connectivity index (χ0n) is 13.3. The lowest BCUT2D eigenvalue weighted by atomic mass is 10.1. The molecule has 2 amide bonds. The van der Waals surface area contributed by atoms with Crippen molar-refractivity contribution in [2.75, 3.05) is 5.32 Å². The molecular weight excluding hydrogens is 404 g/mol. The number of thiophene rings is 1. The van der Waals surface area contributed by atoms with Gasteiger partial charge in [-0.3, -0.25) is 9.59 Å². The number of halogens is 1. The molecule has 0 fully saturated rings. The summed E-state index contributed by atoms with van der Waals surface area (Å²) in [6.45, 7) is 1.92. The number of rotatable bonds is 5. The Bertz CT molecular complexity index is 889. The van der Waals surface area contributed by atoms with Crippen molar-refractivity contribution >= 4 is 44.1 Å². The van der Waals surface area contributed by atoms with E-state index in [2.05, 4.69) is 26.6 Å². The molecular formula is C18H15BrN2O3S. The molecule has 0 aliphatic heterocycles. The number of hydrogen-bond donors (Lipinski definition) is 2. The van der Waals surface area contributed by atoms with Crippen LogP contribution in [0.3, 0.4) is 0 Å². The molecule has 1 atom stereocenters. The fourth-order valence-corrected chi connectivity index (χ4v) is 3.46. The van der Waals surface area contributed by atoms with E-state index in [1.54, 1.807) is 24.3 Å². The maximum absolute atomic E-state index is 12.4. The molecule has 1 aromatic carbocycles. The number of carbonyl (C=O) groups is 2. The van der Waals surface area contributed by atoms with E-state index in [4.69, 9.17) is 4.42 Å². The number of furan rings is 1. The molecule has 2 aromatic heterocycles. The first kappa shape index (κ1) is 17.4. The molecule has 0 aliphatic rings. The Morgan fingerprint density at radius 2 is 1.96 bits per heavy atom. The summed E-state index contributed by atoms with van der Waals surface area (Å²) in [5.74, 6) is -0.306. The van der Waals surface area contributed by atoms with E-state index >= 15 is 0 Å². The van der Waals surface area contributed by atoms with E-state index in [1.807, 2.05) is 31.2 Å². The summed E-state index contributed by atoms with van der Waals surface area (Å²) in [4.78, 5) is 24.9. The van der Waals surface area contributed by atoms with Gasteiger partial charge in [-0.2, -0.15) is 0 Å². The first-order valence-electron chi connectivity index (χ1n) is 7.54. The van der Waals surface area contributed by atoms with Crippen molar-refractivity contribution in [2.45, 2.75) is 13.0 Å². The minimum absolute atomic E-state index is 0.131. The van der Waals surface area contributed by atoms with Crippen molar-refractivity contribution < 1.29 is 14.0 Å². The third-order valence-corrected chi connectivity index (χ3v) is 5.00. The smallest absolute Gasteiger partial charge is 0.291 e. The maximum Gasteiger partial charge on any atom is 0.291 e. The largest absolute Gasteiger partial charge is 0.459 e. The Balaban J connectivity index is 1.63. The molecule has 1 unspecified atom stereocenters. The van der Waals surface area contributed by atoms with Gasteiger partial charge in [-0.05, 0) is 48.9 Å². The zero-order chi connectivity index (χ0) is 17.8. The Hall–Kier alpha value is -2.38. The Labute approximate surface area is 157 Å². The van der Waals surface area contributed by atoms with Crippen LogP contribution in [0, 0.1) is 0 Å². The van der Waals surface area contributed by atoms with Gasteiger partial charge in [-0.25, -0.2) is 0 Å². The van der Waals surface area contributed by atoms with Crippen LogP contribution in [-0.2, 0) is 0 Å². The average molecular weight is 419 g/mol. The number of anilines is 1. The molecule has 2 N–H and O–H groups in total. The van der Waals surface area contributed by atoms with Gasteiger partial charge in [0.1, 0.15) is 0 Å². The molecule has 2 heterocycles. The van der Waals surface area contributed by atoms with E-state index in [0.717, 1.165) is 10.0 Å². The van der Waals surface area contributed by atoms with Gasteiger partial charge in [0.05, 0.1) is 22.2 Å². The van der Waals surface area contributed by atoms with Gasteiger partial charge in [-0.15, -0.1) is 11.3 Å². The highest BCUT2D eigenvalue weighted by atomic mass is 79.9. The highest BCUT2D eigenvalue weighted by Crippen LogP contribution is 2.24. The van der Waals surface area contributed by atoms with Crippen LogP contribution in [0.4, 0.5) is 5.00 Å². The number of hydrogen-bond acceptors (Lipinski definition) is 4. The molecule has 0 aliphatic carbocycles. The quantitative estimate of drug-likeness (QED) is 0.621. The fourth-order valence-electron chi connectivity index (χ4n) is 2.24. The predicted octanol–water partition coefficient (Wildman–Crippen LogP) is 4.85. The Kier molecular flexibility index (Phi) is 5.35. The van der Waals surface area contributed by atoms with Gasteiger partial charge in [0, 0.05) is 4.47 Å². The molecule has 0 spiro atoms. The fraction of sp³-hybridized carbons (Fsp3) is 0.111. The minimum Gasteiger partial charge on any atom is -0.459 e. The molecule has 0 radical (unpaired) electrons. The lowest BCUT2D eigenvalue weighted by molar-refractivity contribution is 0.0942. The number of nitrogens with one attached hydrogen (secondary N) is 2. The molecule has 7 heteroatoms. The third-order valence-electron chi connectivity index (χ3n) is 3.51. The molecule has 3 aromatic rings. The maximum atomic E-state index is 12.4. The van der Waals surface area contributed by atoms with E-state index in [9.17, 15) is 9.59 Å². The second-order valence-corrected chi connectivity index (χ2v) is 7.34. The summed E-state index contributed by atoms with van der Waals surface area (Å²) in [7, 11) is 0. The van der Waals surface area contributed by atoms with Crippen molar-refractivity contribution in [3.8, 4) is 0 Å². The SMILES string of the molecule is CC(NC(=O)c1ccc(NC(=O)c2ccco2)s1)c1cccc(Br)c1. The van der Waals surface area contributed by atoms with E-state index < -0.39 is 0 Å². The number of amides is 2. The first-order valence-corrected chi connectivity index (χ1v) is 9.15. The summed E-state index contributed by atoms with van der Waals surface area (Å²) < 4.78 is 6.01. The second kappa shape index (κ2) is 7.67. The van der Waals surface area contributed by atoms with Crippen LogP contribution in [0.15, 0.2) is 63.7 Å².